The molecule has 112 valence electrons. The van der Waals surface area contributed by atoms with Crippen LogP contribution in [0.2, 0.25) is 0 Å². The maximum Gasteiger partial charge on any atom is 0.232 e. The molecule has 0 aliphatic carbocycles. The molecule has 4 nitrogen and oxygen atoms in total. The zero-order valence-corrected chi connectivity index (χ0v) is 13.5. The Hall–Kier alpha value is -0.260. The molecule has 0 spiro atoms. The van der Waals surface area contributed by atoms with Crippen LogP contribution in [0.4, 0.5) is 0 Å². The Morgan fingerprint density at radius 1 is 1.26 bits per heavy atom. The summed E-state index contributed by atoms with van der Waals surface area (Å²) in [5, 5.41) is 9.30. The molecule has 1 N–H and O–H groups in total. The highest BCUT2D eigenvalue weighted by molar-refractivity contribution is 8.01. The summed E-state index contributed by atoms with van der Waals surface area (Å²) >= 11 is 1.71. The van der Waals surface area contributed by atoms with Gasteiger partial charge in [-0.05, 0) is 6.42 Å². The van der Waals surface area contributed by atoms with Crippen molar-refractivity contribution in [2.75, 3.05) is 38.5 Å². The Morgan fingerprint density at radius 3 is 2.26 bits per heavy atom. The lowest BCUT2D eigenvalue weighted by molar-refractivity contribution is -0.130. The van der Waals surface area contributed by atoms with Gasteiger partial charge in [-0.1, -0.05) is 27.7 Å². The summed E-state index contributed by atoms with van der Waals surface area (Å²) in [6.07, 6.45) is 0.963. The van der Waals surface area contributed by atoms with Crippen LogP contribution >= 0.6 is 11.8 Å². The third-order valence-electron chi connectivity index (χ3n) is 3.49. The maximum absolute atomic E-state index is 12.1. The first-order chi connectivity index (χ1) is 8.87. The quantitative estimate of drug-likeness (QED) is 0.831. The largest absolute Gasteiger partial charge is 0.395 e. The van der Waals surface area contributed by atoms with Crippen molar-refractivity contribution < 1.29 is 9.90 Å². The van der Waals surface area contributed by atoms with Crippen LogP contribution in [0.5, 0.6) is 0 Å². The van der Waals surface area contributed by atoms with Crippen LogP contribution in [-0.2, 0) is 4.79 Å². The second kappa shape index (κ2) is 7.50. The molecule has 1 fully saturated rings. The predicted molar refractivity (Wildman–Crippen MR) is 81.5 cm³/mol. The topological polar surface area (TPSA) is 43.8 Å². The molecule has 1 saturated heterocycles. The molecule has 1 aliphatic heterocycles. The number of carbonyl (C=O) groups excluding carboxylic acids is 1. The number of nitrogens with zero attached hydrogens (tertiary/aromatic N) is 2. The van der Waals surface area contributed by atoms with Gasteiger partial charge in [-0.2, -0.15) is 0 Å². The van der Waals surface area contributed by atoms with Crippen LogP contribution in [-0.4, -0.2) is 70.1 Å². The SMILES string of the molecule is CCC(CO)N1CCN(C(=O)CSC(C)(C)C)CC1. The second-order valence-electron chi connectivity index (χ2n) is 6.06. The van der Waals surface area contributed by atoms with E-state index in [4.69, 9.17) is 0 Å². The van der Waals surface area contributed by atoms with Crippen LogP contribution in [0.3, 0.4) is 0 Å². The molecule has 0 aromatic carbocycles. The first-order valence-electron chi connectivity index (χ1n) is 7.14. The molecule has 1 unspecified atom stereocenters. The average molecular weight is 288 g/mol. The highest BCUT2D eigenvalue weighted by atomic mass is 32.2. The number of aliphatic hydroxyl groups is 1. The monoisotopic (exact) mass is 288 g/mol. The van der Waals surface area contributed by atoms with E-state index in [9.17, 15) is 9.90 Å². The van der Waals surface area contributed by atoms with Gasteiger partial charge in [0.05, 0.1) is 12.4 Å². The van der Waals surface area contributed by atoms with E-state index in [0.717, 1.165) is 32.6 Å². The number of carbonyl (C=O) groups is 1. The van der Waals surface area contributed by atoms with Crippen LogP contribution in [0, 0.1) is 0 Å². The summed E-state index contributed by atoms with van der Waals surface area (Å²) in [5.41, 5.74) is 0. The van der Waals surface area contributed by atoms with Gasteiger partial charge in [-0.3, -0.25) is 9.69 Å². The van der Waals surface area contributed by atoms with E-state index in [-0.39, 0.29) is 23.3 Å². The van der Waals surface area contributed by atoms with Gasteiger partial charge in [-0.15, -0.1) is 11.8 Å². The van der Waals surface area contributed by atoms with E-state index in [0.29, 0.717) is 5.75 Å². The maximum atomic E-state index is 12.1. The van der Waals surface area contributed by atoms with Crippen molar-refractivity contribution in [3.8, 4) is 0 Å². The minimum atomic E-state index is 0.141. The summed E-state index contributed by atoms with van der Waals surface area (Å²) < 4.78 is 0.141. The number of hydrogen-bond acceptors (Lipinski definition) is 4. The first kappa shape index (κ1) is 16.8. The van der Waals surface area contributed by atoms with Gasteiger partial charge >= 0.3 is 0 Å². The van der Waals surface area contributed by atoms with Crippen molar-refractivity contribution in [1.29, 1.82) is 0 Å². The van der Waals surface area contributed by atoms with Crippen molar-refractivity contribution in [3.05, 3.63) is 0 Å². The van der Waals surface area contributed by atoms with Gasteiger partial charge in [0.15, 0.2) is 0 Å². The Labute approximate surface area is 121 Å². The van der Waals surface area contributed by atoms with Gasteiger partial charge in [-0.25, -0.2) is 0 Å². The zero-order chi connectivity index (χ0) is 14.5. The Bertz CT molecular complexity index is 280. The molecule has 1 rings (SSSR count). The van der Waals surface area contributed by atoms with E-state index in [1.165, 1.54) is 0 Å². The van der Waals surface area contributed by atoms with E-state index >= 15 is 0 Å². The number of rotatable bonds is 5. The Balaban J connectivity index is 2.35. The zero-order valence-electron chi connectivity index (χ0n) is 12.7. The van der Waals surface area contributed by atoms with Crippen molar-refractivity contribution in [2.45, 2.75) is 44.9 Å². The molecule has 1 atom stereocenters. The summed E-state index contributed by atoms with van der Waals surface area (Å²) in [5.74, 6) is 0.817. The van der Waals surface area contributed by atoms with Crippen LogP contribution in [0.1, 0.15) is 34.1 Å². The second-order valence-corrected chi connectivity index (χ2v) is 7.86. The minimum Gasteiger partial charge on any atom is -0.395 e. The first-order valence-corrected chi connectivity index (χ1v) is 8.12. The van der Waals surface area contributed by atoms with Gasteiger partial charge in [0, 0.05) is 37.0 Å². The molecule has 0 radical (unpaired) electrons. The third kappa shape index (κ3) is 5.71. The Kier molecular flexibility index (Phi) is 6.63. The highest BCUT2D eigenvalue weighted by Gasteiger charge is 2.25. The molecule has 0 saturated carbocycles. The van der Waals surface area contributed by atoms with Crippen molar-refractivity contribution in [1.82, 2.24) is 9.80 Å². The number of amides is 1. The van der Waals surface area contributed by atoms with Gasteiger partial charge in [0.2, 0.25) is 5.91 Å². The van der Waals surface area contributed by atoms with Crippen LogP contribution in [0.25, 0.3) is 0 Å². The fourth-order valence-electron chi connectivity index (χ4n) is 2.21. The molecule has 19 heavy (non-hydrogen) atoms. The molecular weight excluding hydrogens is 260 g/mol. The number of aliphatic hydroxyl groups excluding tert-OH is 1. The Morgan fingerprint density at radius 2 is 1.84 bits per heavy atom. The van der Waals surface area contributed by atoms with Crippen molar-refractivity contribution in [3.63, 3.8) is 0 Å². The van der Waals surface area contributed by atoms with E-state index in [1.54, 1.807) is 11.8 Å². The van der Waals surface area contributed by atoms with Crippen molar-refractivity contribution >= 4 is 17.7 Å². The number of piperazine rings is 1. The minimum absolute atomic E-state index is 0.141. The average Bonchev–Trinajstić information content (AvgIpc) is 2.37. The summed E-state index contributed by atoms with van der Waals surface area (Å²) in [7, 11) is 0. The number of thioether (sulfide) groups is 1. The molecule has 1 amide bonds. The lowest BCUT2D eigenvalue weighted by Crippen LogP contribution is -2.53. The van der Waals surface area contributed by atoms with Crippen LogP contribution < -0.4 is 0 Å². The molecule has 0 aromatic heterocycles. The fraction of sp³-hybridized carbons (Fsp3) is 0.929. The van der Waals surface area contributed by atoms with Gasteiger partial charge in [0.25, 0.3) is 0 Å². The molecule has 1 aliphatic rings. The summed E-state index contributed by atoms with van der Waals surface area (Å²) in [6.45, 7) is 12.1. The fourth-order valence-corrected chi connectivity index (χ4v) is 2.95. The predicted octanol–water partition coefficient (Wildman–Crippen LogP) is 1.43. The normalized spacial score (nSPS) is 19.5. The summed E-state index contributed by atoms with van der Waals surface area (Å²) in [4.78, 5) is 16.3. The molecule has 5 heteroatoms. The smallest absolute Gasteiger partial charge is 0.232 e. The highest BCUT2D eigenvalue weighted by Crippen LogP contribution is 2.23. The van der Waals surface area contributed by atoms with E-state index in [2.05, 4.69) is 32.6 Å². The van der Waals surface area contributed by atoms with Gasteiger partial charge < -0.3 is 10.0 Å². The van der Waals surface area contributed by atoms with E-state index in [1.807, 2.05) is 4.90 Å². The van der Waals surface area contributed by atoms with Crippen molar-refractivity contribution in [2.24, 2.45) is 0 Å². The molecule has 0 aromatic rings. The third-order valence-corrected chi connectivity index (χ3v) is 4.75. The van der Waals surface area contributed by atoms with E-state index < -0.39 is 0 Å². The lowest BCUT2D eigenvalue weighted by atomic mass is 10.1. The lowest BCUT2D eigenvalue weighted by Gasteiger charge is -2.38. The van der Waals surface area contributed by atoms with Gasteiger partial charge in [0.1, 0.15) is 0 Å². The molecule has 1 heterocycles. The van der Waals surface area contributed by atoms with Crippen LogP contribution in [0.15, 0.2) is 0 Å². The molecule has 0 bridgehead atoms. The standard InChI is InChI=1S/C14H28N2O2S/c1-5-12(10-17)15-6-8-16(9-7-15)13(18)11-19-14(2,3)4/h12,17H,5-11H2,1-4H3. The number of hydrogen-bond donors (Lipinski definition) is 1. The summed E-state index contributed by atoms with van der Waals surface area (Å²) in [6, 6.07) is 0.251. The molecular formula is C14H28N2O2S.